The number of nitrogens with one attached hydrogen (secondary N) is 1. The number of hydrogen-bond acceptors (Lipinski definition) is 7. The predicted octanol–water partition coefficient (Wildman–Crippen LogP) is 2.59. The van der Waals surface area contributed by atoms with Crippen molar-refractivity contribution in [3.8, 4) is 17.1 Å². The summed E-state index contributed by atoms with van der Waals surface area (Å²) in [5, 5.41) is 25.2. The van der Waals surface area contributed by atoms with Crippen LogP contribution >= 0.6 is 0 Å². The molecule has 1 amide bonds. The van der Waals surface area contributed by atoms with Gasteiger partial charge in [-0.15, -0.1) is 0 Å². The Morgan fingerprint density at radius 2 is 2.03 bits per heavy atom. The van der Waals surface area contributed by atoms with Crippen molar-refractivity contribution in [2.75, 3.05) is 6.61 Å². The van der Waals surface area contributed by atoms with Crippen molar-refractivity contribution >= 4 is 5.91 Å². The summed E-state index contributed by atoms with van der Waals surface area (Å²) >= 11 is 0. The molecule has 1 atom stereocenters. The Kier molecular flexibility index (Phi) is 7.27. The van der Waals surface area contributed by atoms with Crippen molar-refractivity contribution in [3.63, 3.8) is 0 Å². The van der Waals surface area contributed by atoms with Crippen LogP contribution in [0, 0.1) is 11.6 Å². The average molecular weight is 433 g/mol. The van der Waals surface area contributed by atoms with Crippen LogP contribution in [0.25, 0.3) is 11.3 Å². The topological polar surface area (TPSA) is 118 Å². The number of carbonyl (C=O) groups is 1. The van der Waals surface area contributed by atoms with Gasteiger partial charge in [-0.3, -0.25) is 4.79 Å². The van der Waals surface area contributed by atoms with Crippen LogP contribution in [-0.2, 0) is 13.2 Å². The van der Waals surface area contributed by atoms with E-state index >= 15 is 0 Å². The highest BCUT2D eigenvalue weighted by atomic mass is 19.2. The van der Waals surface area contributed by atoms with E-state index in [1.807, 2.05) is 6.92 Å². The average Bonchev–Trinajstić information content (AvgIpc) is 3.21. The zero-order valence-corrected chi connectivity index (χ0v) is 16.6. The molecule has 3 aromatic rings. The number of aliphatic hydroxyl groups excluding tert-OH is 2. The molecule has 2 heterocycles. The summed E-state index contributed by atoms with van der Waals surface area (Å²) in [6.45, 7) is 1.10. The van der Waals surface area contributed by atoms with E-state index in [1.54, 1.807) is 0 Å². The lowest BCUT2D eigenvalue weighted by molar-refractivity contribution is 0.0914. The van der Waals surface area contributed by atoms with Crippen molar-refractivity contribution in [1.82, 2.24) is 15.5 Å². The highest BCUT2D eigenvalue weighted by Gasteiger charge is 2.19. The maximum absolute atomic E-state index is 13.6. The third-order valence-electron chi connectivity index (χ3n) is 4.62. The second kappa shape index (κ2) is 10.1. The molecular weight excluding hydrogens is 412 g/mol. The fraction of sp³-hybridized carbons (Fsp3) is 0.286. The molecule has 8 nitrogen and oxygen atoms in total. The molecule has 164 valence electrons. The zero-order chi connectivity index (χ0) is 22.4. The molecular formula is C21H21F2N3O5. The molecule has 1 aromatic carbocycles. The maximum atomic E-state index is 13.6. The van der Waals surface area contributed by atoms with Gasteiger partial charge in [0.25, 0.3) is 5.91 Å². The molecule has 0 aliphatic heterocycles. The van der Waals surface area contributed by atoms with Gasteiger partial charge in [0.2, 0.25) is 5.88 Å². The van der Waals surface area contributed by atoms with Crippen LogP contribution in [-0.4, -0.2) is 38.9 Å². The van der Waals surface area contributed by atoms with Crippen LogP contribution in [0.15, 0.2) is 41.1 Å². The summed E-state index contributed by atoms with van der Waals surface area (Å²) in [4.78, 5) is 16.2. The summed E-state index contributed by atoms with van der Waals surface area (Å²) in [7, 11) is 0. The number of carbonyl (C=O) groups excluding carboxylic acids is 1. The van der Waals surface area contributed by atoms with Gasteiger partial charge in [0.05, 0.1) is 23.8 Å². The van der Waals surface area contributed by atoms with E-state index in [9.17, 15) is 23.8 Å². The first-order chi connectivity index (χ1) is 15.0. The number of nitrogens with zero attached hydrogens (tertiary/aromatic N) is 2. The van der Waals surface area contributed by atoms with Crippen LogP contribution in [0.2, 0.25) is 0 Å². The molecule has 0 saturated carbocycles. The molecule has 0 fully saturated rings. The fourth-order valence-corrected chi connectivity index (χ4v) is 2.78. The van der Waals surface area contributed by atoms with Crippen molar-refractivity contribution in [1.29, 1.82) is 0 Å². The van der Waals surface area contributed by atoms with Gasteiger partial charge < -0.3 is 24.8 Å². The van der Waals surface area contributed by atoms with Gasteiger partial charge in [-0.05, 0) is 30.7 Å². The second-order valence-electron chi connectivity index (χ2n) is 6.65. The number of hydrogen-bond donors (Lipinski definition) is 3. The quantitative estimate of drug-likeness (QED) is 0.475. The number of pyridine rings is 1. The summed E-state index contributed by atoms with van der Waals surface area (Å²) in [6.07, 6.45) is 1.91. The van der Waals surface area contributed by atoms with Crippen LogP contribution < -0.4 is 10.1 Å². The predicted molar refractivity (Wildman–Crippen MR) is 105 cm³/mol. The first kappa shape index (κ1) is 22.3. The molecule has 0 bridgehead atoms. The summed E-state index contributed by atoms with van der Waals surface area (Å²) in [5.41, 5.74) is 1.11. The van der Waals surface area contributed by atoms with Gasteiger partial charge in [0.15, 0.2) is 17.4 Å². The van der Waals surface area contributed by atoms with E-state index < -0.39 is 18.2 Å². The van der Waals surface area contributed by atoms with E-state index in [4.69, 9.17) is 9.26 Å². The molecule has 0 radical (unpaired) electrons. The van der Waals surface area contributed by atoms with Crippen molar-refractivity contribution < 1.29 is 33.0 Å². The van der Waals surface area contributed by atoms with E-state index in [2.05, 4.69) is 15.5 Å². The number of halogens is 2. The normalized spacial score (nSPS) is 11.9. The SMILES string of the molecule is CC[C@H](CO)NC(=O)c1ccc(OCc2c(-c3ccc(F)c(F)c3)noc2CO)nc1. The number of aliphatic hydroxyl groups is 2. The Morgan fingerprint density at radius 3 is 2.65 bits per heavy atom. The van der Waals surface area contributed by atoms with Crippen LogP contribution in [0.4, 0.5) is 8.78 Å². The monoisotopic (exact) mass is 433 g/mol. The molecule has 31 heavy (non-hydrogen) atoms. The Bertz CT molecular complexity index is 1040. The highest BCUT2D eigenvalue weighted by Crippen LogP contribution is 2.28. The van der Waals surface area contributed by atoms with Crippen LogP contribution in [0.1, 0.15) is 35.0 Å². The van der Waals surface area contributed by atoms with Gasteiger partial charge in [0, 0.05) is 17.8 Å². The number of benzene rings is 1. The maximum Gasteiger partial charge on any atom is 0.253 e. The van der Waals surface area contributed by atoms with Crippen LogP contribution in [0.3, 0.4) is 0 Å². The van der Waals surface area contributed by atoms with Gasteiger partial charge in [-0.2, -0.15) is 0 Å². The summed E-state index contributed by atoms with van der Waals surface area (Å²) in [5.74, 6) is -2.11. The molecule has 2 aromatic heterocycles. The lowest BCUT2D eigenvalue weighted by Gasteiger charge is -2.14. The van der Waals surface area contributed by atoms with Crippen LogP contribution in [0.5, 0.6) is 5.88 Å². The first-order valence-electron chi connectivity index (χ1n) is 9.51. The number of amides is 1. The smallest absolute Gasteiger partial charge is 0.253 e. The van der Waals surface area contributed by atoms with Crippen molar-refractivity contribution in [3.05, 3.63) is 65.1 Å². The molecule has 0 aliphatic carbocycles. The first-order valence-corrected chi connectivity index (χ1v) is 9.51. The Balaban J connectivity index is 1.73. The second-order valence-corrected chi connectivity index (χ2v) is 6.65. The van der Waals surface area contributed by atoms with E-state index in [0.717, 1.165) is 12.1 Å². The van der Waals surface area contributed by atoms with E-state index in [-0.39, 0.29) is 48.1 Å². The summed E-state index contributed by atoms with van der Waals surface area (Å²) in [6, 6.07) is 5.93. The van der Waals surface area contributed by atoms with Gasteiger partial charge in [0.1, 0.15) is 18.9 Å². The molecule has 0 unspecified atom stereocenters. The lowest BCUT2D eigenvalue weighted by atomic mass is 10.1. The minimum Gasteiger partial charge on any atom is -0.473 e. The minimum atomic E-state index is -1.04. The largest absolute Gasteiger partial charge is 0.473 e. The standard InChI is InChI=1S/C21H21F2N3O5/c1-2-14(9-27)25-21(29)13-4-6-19(24-8-13)30-11-15-18(10-28)31-26-20(15)12-3-5-16(22)17(23)7-12/h3-8,14,27-28H,2,9-11H2,1H3,(H,25,29)/t14-/m1/s1. The lowest BCUT2D eigenvalue weighted by Crippen LogP contribution is -2.36. The van der Waals surface area contributed by atoms with Gasteiger partial charge in [-0.25, -0.2) is 13.8 Å². The summed E-state index contributed by atoms with van der Waals surface area (Å²) < 4.78 is 37.5. The third kappa shape index (κ3) is 5.22. The highest BCUT2D eigenvalue weighted by molar-refractivity contribution is 5.94. The Hall–Kier alpha value is -3.37. The van der Waals surface area contributed by atoms with Crippen molar-refractivity contribution in [2.45, 2.75) is 32.6 Å². The Labute approximate surface area is 176 Å². The fourth-order valence-electron chi connectivity index (χ4n) is 2.78. The number of ether oxygens (including phenoxy) is 1. The van der Waals surface area contributed by atoms with E-state index in [1.165, 1.54) is 24.4 Å². The zero-order valence-electron chi connectivity index (χ0n) is 16.6. The minimum absolute atomic E-state index is 0.116. The number of aromatic nitrogens is 2. The molecule has 3 N–H and O–H groups in total. The van der Waals surface area contributed by atoms with Crippen molar-refractivity contribution in [2.24, 2.45) is 0 Å². The van der Waals surface area contributed by atoms with Gasteiger partial charge >= 0.3 is 0 Å². The molecule has 10 heteroatoms. The number of rotatable bonds is 9. The molecule has 3 rings (SSSR count). The van der Waals surface area contributed by atoms with Gasteiger partial charge in [-0.1, -0.05) is 12.1 Å². The Morgan fingerprint density at radius 1 is 1.23 bits per heavy atom. The third-order valence-corrected chi connectivity index (χ3v) is 4.62. The molecule has 0 spiro atoms. The molecule has 0 saturated heterocycles. The molecule has 0 aliphatic rings. The van der Waals surface area contributed by atoms with E-state index in [0.29, 0.717) is 17.5 Å².